The van der Waals surface area contributed by atoms with Crippen molar-refractivity contribution < 1.29 is 4.42 Å². The minimum absolute atomic E-state index is 0.580. The molecule has 5 nitrogen and oxygen atoms in total. The van der Waals surface area contributed by atoms with Crippen LogP contribution in [0.5, 0.6) is 0 Å². The van der Waals surface area contributed by atoms with Crippen LogP contribution in [-0.4, -0.2) is 19.5 Å². The zero-order valence-electron chi connectivity index (χ0n) is 26.7. The topological polar surface area (TPSA) is 56.7 Å². The average Bonchev–Trinajstić information content (AvgIpc) is 3.74. The molecule has 0 aliphatic carbocycles. The molecule has 0 bridgehead atoms. The molecule has 0 spiro atoms. The van der Waals surface area contributed by atoms with Crippen molar-refractivity contribution in [3.8, 4) is 28.7 Å². The van der Waals surface area contributed by atoms with E-state index in [0.717, 1.165) is 60.3 Å². The average molecular weight is 639 g/mol. The Balaban J connectivity index is 1.22. The van der Waals surface area contributed by atoms with Gasteiger partial charge in [0.15, 0.2) is 11.6 Å². The molecule has 0 unspecified atom stereocenters. The molecule has 3 aromatic heterocycles. The van der Waals surface area contributed by atoms with Crippen molar-refractivity contribution in [1.29, 1.82) is 0 Å². The van der Waals surface area contributed by atoms with Crippen LogP contribution in [0.1, 0.15) is 0 Å². The third-order valence-corrected chi connectivity index (χ3v) is 10.0. The van der Waals surface area contributed by atoms with E-state index in [9.17, 15) is 0 Å². The highest BCUT2D eigenvalue weighted by molar-refractivity contribution is 6.26. The number of rotatable bonds is 3. The lowest BCUT2D eigenvalue weighted by molar-refractivity contribution is 0.669. The van der Waals surface area contributed by atoms with E-state index < -0.39 is 0 Å². The minimum atomic E-state index is 0.580. The largest absolute Gasteiger partial charge is 0.456 e. The van der Waals surface area contributed by atoms with Crippen LogP contribution in [0.25, 0.3) is 105 Å². The summed E-state index contributed by atoms with van der Waals surface area (Å²) in [5, 5.41) is 11.5. The van der Waals surface area contributed by atoms with Crippen LogP contribution in [0.2, 0.25) is 0 Å². The molecule has 0 aliphatic rings. The summed E-state index contributed by atoms with van der Waals surface area (Å²) in [5.41, 5.74) is 5.76. The van der Waals surface area contributed by atoms with Gasteiger partial charge in [-0.25, -0.2) is 4.98 Å². The fourth-order valence-corrected chi connectivity index (χ4v) is 7.76. The summed E-state index contributed by atoms with van der Waals surface area (Å²) in [6.45, 7) is 0. The van der Waals surface area contributed by atoms with Gasteiger partial charge in [-0.2, -0.15) is 9.97 Å². The maximum absolute atomic E-state index is 6.19. The van der Waals surface area contributed by atoms with Crippen molar-refractivity contribution in [3.05, 3.63) is 158 Å². The van der Waals surface area contributed by atoms with E-state index in [0.29, 0.717) is 17.6 Å². The molecule has 5 heteroatoms. The second-order valence-corrected chi connectivity index (χ2v) is 12.8. The number of hydrogen-bond acceptors (Lipinski definition) is 4. The first-order valence-electron chi connectivity index (χ1n) is 16.8. The standard InChI is InChI=1S/C45H26N4O/c1-2-12-29(13-3-1)43-46-44(31-19-22-33-30(26-31)21-25-39-41(33)35-16-8-9-17-38(35)50-39)48-45(47-43)49-37-24-20-27-10-4-6-14-32(27)40(37)36-23-18-28-11-5-7-15-34(28)42(36)49/h1-26H. The Morgan fingerprint density at radius 1 is 0.400 bits per heavy atom. The molecule has 11 rings (SSSR count). The molecule has 11 aromatic rings. The Hall–Kier alpha value is -6.85. The predicted octanol–water partition coefficient (Wildman–Crippen LogP) is 11.7. The summed E-state index contributed by atoms with van der Waals surface area (Å²) in [6, 6.07) is 55.0. The Bertz CT molecular complexity index is 3160. The second-order valence-electron chi connectivity index (χ2n) is 12.8. The number of furan rings is 1. The molecule has 0 amide bonds. The predicted molar refractivity (Wildman–Crippen MR) is 205 cm³/mol. The minimum Gasteiger partial charge on any atom is -0.456 e. The first-order valence-corrected chi connectivity index (χ1v) is 16.8. The van der Waals surface area contributed by atoms with Gasteiger partial charge in [-0.15, -0.1) is 0 Å². The van der Waals surface area contributed by atoms with E-state index in [2.05, 4.69) is 132 Å². The first kappa shape index (κ1) is 27.1. The molecular formula is C45H26N4O. The molecule has 0 saturated heterocycles. The van der Waals surface area contributed by atoms with Crippen LogP contribution in [0.15, 0.2) is 162 Å². The van der Waals surface area contributed by atoms with Crippen LogP contribution in [-0.2, 0) is 0 Å². The van der Waals surface area contributed by atoms with E-state index in [1.807, 2.05) is 30.3 Å². The van der Waals surface area contributed by atoms with Crippen LogP contribution in [0.3, 0.4) is 0 Å². The van der Waals surface area contributed by atoms with Crippen molar-refractivity contribution in [2.24, 2.45) is 0 Å². The van der Waals surface area contributed by atoms with Gasteiger partial charge in [-0.3, -0.25) is 4.57 Å². The van der Waals surface area contributed by atoms with Crippen LogP contribution in [0, 0.1) is 0 Å². The smallest absolute Gasteiger partial charge is 0.238 e. The molecule has 0 atom stereocenters. The van der Waals surface area contributed by atoms with Crippen molar-refractivity contribution in [3.63, 3.8) is 0 Å². The quantitative estimate of drug-likeness (QED) is 0.193. The summed E-state index contributed by atoms with van der Waals surface area (Å²) in [4.78, 5) is 15.6. The number of fused-ring (bicyclic) bond motifs is 12. The monoisotopic (exact) mass is 638 g/mol. The number of nitrogens with zero attached hydrogens (tertiary/aromatic N) is 4. The first-order chi connectivity index (χ1) is 24.8. The van der Waals surface area contributed by atoms with Gasteiger partial charge in [0.25, 0.3) is 0 Å². The Kier molecular flexibility index (Phi) is 5.60. The lowest BCUT2D eigenvalue weighted by atomic mass is 10.0. The van der Waals surface area contributed by atoms with Gasteiger partial charge in [0.1, 0.15) is 11.2 Å². The van der Waals surface area contributed by atoms with Crippen molar-refractivity contribution in [2.45, 2.75) is 0 Å². The Morgan fingerprint density at radius 3 is 1.90 bits per heavy atom. The summed E-state index contributed by atoms with van der Waals surface area (Å²) in [7, 11) is 0. The van der Waals surface area contributed by atoms with Crippen molar-refractivity contribution in [2.75, 3.05) is 0 Å². The number of benzene rings is 8. The second kappa shape index (κ2) is 10.3. The highest BCUT2D eigenvalue weighted by Gasteiger charge is 2.21. The van der Waals surface area contributed by atoms with Crippen LogP contribution in [0.4, 0.5) is 0 Å². The van der Waals surface area contributed by atoms with Gasteiger partial charge < -0.3 is 4.42 Å². The summed E-state index contributed by atoms with van der Waals surface area (Å²) >= 11 is 0. The fourth-order valence-electron chi connectivity index (χ4n) is 7.76. The molecule has 232 valence electrons. The van der Waals surface area contributed by atoms with Gasteiger partial charge in [-0.1, -0.05) is 133 Å². The Morgan fingerprint density at radius 2 is 1.04 bits per heavy atom. The zero-order valence-corrected chi connectivity index (χ0v) is 26.7. The molecule has 0 N–H and O–H groups in total. The van der Waals surface area contributed by atoms with E-state index in [1.54, 1.807) is 0 Å². The van der Waals surface area contributed by atoms with E-state index in [1.165, 1.54) is 26.9 Å². The molecule has 50 heavy (non-hydrogen) atoms. The van der Waals surface area contributed by atoms with Gasteiger partial charge in [0, 0.05) is 38.1 Å². The highest BCUT2D eigenvalue weighted by Crippen LogP contribution is 2.40. The van der Waals surface area contributed by atoms with Crippen molar-refractivity contribution >= 4 is 76.1 Å². The van der Waals surface area contributed by atoms with E-state index >= 15 is 0 Å². The molecule has 0 aliphatic heterocycles. The lowest BCUT2D eigenvalue weighted by Gasteiger charge is -2.12. The molecule has 0 radical (unpaired) electrons. The van der Waals surface area contributed by atoms with Crippen LogP contribution >= 0.6 is 0 Å². The van der Waals surface area contributed by atoms with E-state index in [4.69, 9.17) is 19.4 Å². The zero-order chi connectivity index (χ0) is 32.8. The third-order valence-electron chi connectivity index (χ3n) is 10.0. The fraction of sp³-hybridized carbons (Fsp3) is 0. The highest BCUT2D eigenvalue weighted by atomic mass is 16.3. The molecule has 8 aromatic carbocycles. The van der Waals surface area contributed by atoms with Gasteiger partial charge >= 0.3 is 0 Å². The Labute approximate surface area is 285 Å². The maximum Gasteiger partial charge on any atom is 0.238 e. The molecular weight excluding hydrogens is 613 g/mol. The van der Waals surface area contributed by atoms with Gasteiger partial charge in [-0.05, 0) is 51.2 Å². The number of hydrogen-bond donors (Lipinski definition) is 0. The summed E-state index contributed by atoms with van der Waals surface area (Å²) in [6.07, 6.45) is 0. The maximum atomic E-state index is 6.19. The third kappa shape index (κ3) is 3.92. The van der Waals surface area contributed by atoms with Crippen LogP contribution < -0.4 is 0 Å². The van der Waals surface area contributed by atoms with E-state index in [-0.39, 0.29) is 0 Å². The molecule has 0 saturated carbocycles. The lowest BCUT2D eigenvalue weighted by Crippen LogP contribution is -2.06. The molecule has 0 fully saturated rings. The number of aromatic nitrogens is 4. The van der Waals surface area contributed by atoms with Crippen molar-refractivity contribution in [1.82, 2.24) is 19.5 Å². The normalized spacial score (nSPS) is 12.0. The molecule has 3 heterocycles. The number of para-hydroxylation sites is 1. The van der Waals surface area contributed by atoms with Gasteiger partial charge in [0.2, 0.25) is 5.95 Å². The summed E-state index contributed by atoms with van der Waals surface area (Å²) < 4.78 is 8.42. The SMILES string of the molecule is c1ccc(-c2nc(-c3ccc4c(ccc5oc6ccccc6c54)c3)nc(-n3c4ccc5ccccc5c4c4ccc5ccccc5c43)n2)cc1. The van der Waals surface area contributed by atoms with Gasteiger partial charge in [0.05, 0.1) is 11.0 Å². The summed E-state index contributed by atoms with van der Waals surface area (Å²) in [5.74, 6) is 1.82.